The predicted molar refractivity (Wildman–Crippen MR) is 77.5 cm³/mol. The molecule has 2 aromatic rings. The number of nitrogens with zero attached hydrogens (tertiary/aromatic N) is 1. The second-order valence-corrected chi connectivity index (χ2v) is 5.49. The van der Waals surface area contributed by atoms with Gasteiger partial charge in [-0.25, -0.2) is 0 Å². The molecule has 3 nitrogen and oxygen atoms in total. The van der Waals surface area contributed by atoms with Gasteiger partial charge >= 0.3 is 0 Å². The fourth-order valence-corrected chi connectivity index (χ4v) is 2.44. The highest BCUT2D eigenvalue weighted by Crippen LogP contribution is 2.36. The zero-order valence-electron chi connectivity index (χ0n) is 9.85. The topological polar surface area (TPSA) is 38.1 Å². The van der Waals surface area contributed by atoms with Gasteiger partial charge in [0.25, 0.3) is 0 Å². The number of hydrogen-bond acceptors (Lipinski definition) is 3. The zero-order chi connectivity index (χ0) is 13.3. The van der Waals surface area contributed by atoms with Gasteiger partial charge in [-0.15, -0.1) is 0 Å². The molecule has 0 amide bonds. The molecule has 0 unspecified atom stereocenters. The fourth-order valence-electron chi connectivity index (χ4n) is 1.60. The summed E-state index contributed by atoms with van der Waals surface area (Å²) in [5, 5.41) is 8.13. The summed E-state index contributed by atoms with van der Waals surface area (Å²) in [7, 11) is 0. The number of benzene rings is 1. The lowest BCUT2D eigenvalue weighted by atomic mass is 10.2. The molecule has 18 heavy (non-hydrogen) atoms. The third kappa shape index (κ3) is 2.66. The Hall–Kier alpha value is -0.710. The molecule has 0 fully saturated rings. The molecule has 0 saturated carbocycles. The van der Waals surface area contributed by atoms with Gasteiger partial charge in [0.05, 0.1) is 21.4 Å². The molecular formula is C12H11BrCl2N2O. The third-order valence-electron chi connectivity index (χ3n) is 2.67. The van der Waals surface area contributed by atoms with E-state index in [1.165, 1.54) is 0 Å². The average Bonchev–Trinajstić information content (AvgIpc) is 2.66. The van der Waals surface area contributed by atoms with Gasteiger partial charge in [0.1, 0.15) is 5.76 Å². The Balaban J connectivity index is 2.19. The van der Waals surface area contributed by atoms with Crippen molar-refractivity contribution >= 4 is 44.8 Å². The van der Waals surface area contributed by atoms with Gasteiger partial charge in [-0.1, -0.05) is 28.4 Å². The van der Waals surface area contributed by atoms with Crippen LogP contribution in [0, 0.1) is 13.8 Å². The fraction of sp³-hybridized carbons (Fsp3) is 0.250. The molecule has 0 radical (unpaired) electrons. The molecule has 0 spiro atoms. The minimum absolute atomic E-state index is 0.498. The van der Waals surface area contributed by atoms with Crippen LogP contribution < -0.4 is 5.32 Å². The summed E-state index contributed by atoms with van der Waals surface area (Å²) < 4.78 is 5.88. The average molecular weight is 350 g/mol. The van der Waals surface area contributed by atoms with E-state index >= 15 is 0 Å². The van der Waals surface area contributed by atoms with Crippen molar-refractivity contribution in [3.8, 4) is 0 Å². The summed E-state index contributed by atoms with van der Waals surface area (Å²) in [5.41, 5.74) is 2.69. The third-order valence-corrected chi connectivity index (χ3v) is 4.44. The van der Waals surface area contributed by atoms with Crippen molar-refractivity contribution in [3.05, 3.63) is 43.7 Å². The second-order valence-electron chi connectivity index (χ2n) is 3.88. The summed E-state index contributed by atoms with van der Waals surface area (Å²) in [6, 6.07) is 3.72. The number of rotatable bonds is 3. The first kappa shape index (κ1) is 13.7. The van der Waals surface area contributed by atoms with Crippen LogP contribution >= 0.6 is 39.1 Å². The van der Waals surface area contributed by atoms with Crippen molar-refractivity contribution in [2.45, 2.75) is 20.4 Å². The van der Waals surface area contributed by atoms with Crippen molar-refractivity contribution in [2.24, 2.45) is 0 Å². The molecule has 0 aliphatic heterocycles. The number of nitrogens with one attached hydrogen (secondary N) is 1. The van der Waals surface area contributed by atoms with Crippen molar-refractivity contribution in [2.75, 3.05) is 5.32 Å². The Labute approximate surface area is 124 Å². The summed E-state index contributed by atoms with van der Waals surface area (Å²) in [6.45, 7) is 4.38. The molecule has 0 aliphatic carbocycles. The van der Waals surface area contributed by atoms with Gasteiger partial charge in [-0.2, -0.15) is 0 Å². The molecule has 1 aromatic heterocycles. The number of hydrogen-bond donors (Lipinski definition) is 1. The molecule has 0 atom stereocenters. The Morgan fingerprint density at radius 2 is 2.00 bits per heavy atom. The predicted octanol–water partition coefficient (Wildman–Crippen LogP) is 4.97. The Morgan fingerprint density at radius 1 is 1.28 bits per heavy atom. The van der Waals surface area contributed by atoms with E-state index in [1.54, 1.807) is 0 Å². The first-order valence-corrected chi connectivity index (χ1v) is 6.84. The number of aromatic nitrogens is 1. The van der Waals surface area contributed by atoms with Crippen LogP contribution in [0.15, 0.2) is 21.1 Å². The Bertz CT molecular complexity index is 564. The summed E-state index contributed by atoms with van der Waals surface area (Å²) in [6.07, 6.45) is 0. The van der Waals surface area contributed by atoms with Crippen molar-refractivity contribution in [1.82, 2.24) is 5.16 Å². The van der Waals surface area contributed by atoms with Crippen molar-refractivity contribution < 1.29 is 4.52 Å². The largest absolute Gasteiger partial charge is 0.380 e. The van der Waals surface area contributed by atoms with Crippen LogP contribution in [0.25, 0.3) is 0 Å². The van der Waals surface area contributed by atoms with Gasteiger partial charge in [0.2, 0.25) is 0 Å². The molecule has 0 bridgehead atoms. The lowest BCUT2D eigenvalue weighted by Gasteiger charge is -2.10. The maximum absolute atomic E-state index is 6.15. The SMILES string of the molecule is Cc1noc(C)c1CNc1ccc(Br)c(Cl)c1Cl. The lowest BCUT2D eigenvalue weighted by molar-refractivity contribution is 0.392. The van der Waals surface area contributed by atoms with Crippen LogP contribution in [0.2, 0.25) is 10.0 Å². The van der Waals surface area contributed by atoms with E-state index in [-0.39, 0.29) is 0 Å². The smallest absolute Gasteiger partial charge is 0.138 e. The van der Waals surface area contributed by atoms with E-state index in [9.17, 15) is 0 Å². The molecular weight excluding hydrogens is 339 g/mol. The van der Waals surface area contributed by atoms with E-state index in [4.69, 9.17) is 27.7 Å². The summed E-state index contributed by atoms with van der Waals surface area (Å²) in [4.78, 5) is 0. The monoisotopic (exact) mass is 348 g/mol. The zero-order valence-corrected chi connectivity index (χ0v) is 12.9. The number of aryl methyl sites for hydroxylation is 2. The quantitative estimate of drug-likeness (QED) is 0.794. The lowest BCUT2D eigenvalue weighted by Crippen LogP contribution is -2.02. The molecule has 1 N–H and O–H groups in total. The summed E-state index contributed by atoms with van der Waals surface area (Å²) >= 11 is 15.5. The minimum atomic E-state index is 0.498. The molecule has 0 saturated heterocycles. The van der Waals surface area contributed by atoms with Crippen LogP contribution in [0.5, 0.6) is 0 Å². The van der Waals surface area contributed by atoms with Crippen LogP contribution in [0.3, 0.4) is 0 Å². The highest BCUT2D eigenvalue weighted by molar-refractivity contribution is 9.10. The van der Waals surface area contributed by atoms with Crippen LogP contribution in [0.4, 0.5) is 5.69 Å². The molecule has 2 rings (SSSR count). The second kappa shape index (κ2) is 5.51. The first-order chi connectivity index (χ1) is 8.50. The van der Waals surface area contributed by atoms with Crippen LogP contribution in [-0.2, 0) is 6.54 Å². The van der Waals surface area contributed by atoms with Crippen molar-refractivity contribution in [3.63, 3.8) is 0 Å². The molecule has 96 valence electrons. The van der Waals surface area contributed by atoms with Gasteiger partial charge in [0.15, 0.2) is 0 Å². The highest BCUT2D eigenvalue weighted by Gasteiger charge is 2.11. The first-order valence-electron chi connectivity index (χ1n) is 5.30. The minimum Gasteiger partial charge on any atom is -0.380 e. The molecule has 6 heteroatoms. The maximum atomic E-state index is 6.15. The van der Waals surface area contributed by atoms with Gasteiger partial charge < -0.3 is 9.84 Å². The van der Waals surface area contributed by atoms with Gasteiger partial charge in [-0.3, -0.25) is 0 Å². The van der Waals surface area contributed by atoms with E-state index in [0.29, 0.717) is 16.6 Å². The van der Waals surface area contributed by atoms with E-state index in [0.717, 1.165) is 27.2 Å². The molecule has 0 aliphatic rings. The maximum Gasteiger partial charge on any atom is 0.138 e. The van der Waals surface area contributed by atoms with Crippen molar-refractivity contribution in [1.29, 1.82) is 0 Å². The molecule has 1 heterocycles. The van der Waals surface area contributed by atoms with Crippen LogP contribution in [0.1, 0.15) is 17.0 Å². The Morgan fingerprint density at radius 3 is 2.61 bits per heavy atom. The van der Waals surface area contributed by atoms with Crippen LogP contribution in [-0.4, -0.2) is 5.16 Å². The highest BCUT2D eigenvalue weighted by atomic mass is 79.9. The standard InChI is InChI=1S/C12H11BrCl2N2O/c1-6-8(7(2)18-17-6)5-16-10-4-3-9(13)11(14)12(10)15/h3-4,16H,5H2,1-2H3. The summed E-state index contributed by atoms with van der Waals surface area (Å²) in [5.74, 6) is 0.805. The van der Waals surface area contributed by atoms with Gasteiger partial charge in [-0.05, 0) is 41.9 Å². The Kier molecular flexibility index (Phi) is 4.20. The van der Waals surface area contributed by atoms with E-state index in [1.807, 2.05) is 26.0 Å². The van der Waals surface area contributed by atoms with E-state index in [2.05, 4.69) is 26.4 Å². The van der Waals surface area contributed by atoms with Gasteiger partial charge in [0, 0.05) is 16.6 Å². The molecule has 1 aromatic carbocycles. The van der Waals surface area contributed by atoms with E-state index < -0.39 is 0 Å². The number of anilines is 1. The normalized spacial score (nSPS) is 10.7. The number of halogens is 3.